The third kappa shape index (κ3) is 2.00. The number of benzene rings is 1. The third-order valence-corrected chi connectivity index (χ3v) is 3.74. The van der Waals surface area contributed by atoms with Crippen LogP contribution in [0.1, 0.15) is 0 Å². The smallest absolute Gasteiger partial charge is 0.0482 e. The molecule has 1 unspecified atom stereocenters. The Morgan fingerprint density at radius 2 is 2.46 bits per heavy atom. The summed E-state index contributed by atoms with van der Waals surface area (Å²) in [6, 6.07) is 6.69. The molecule has 1 aliphatic heterocycles. The highest BCUT2D eigenvalue weighted by Gasteiger charge is 2.16. The number of halogens is 1. The maximum absolute atomic E-state index is 5.61. The summed E-state index contributed by atoms with van der Waals surface area (Å²) >= 11 is 5.32. The summed E-state index contributed by atoms with van der Waals surface area (Å²) in [7, 11) is 0. The predicted molar refractivity (Wildman–Crippen MR) is 61.3 cm³/mol. The van der Waals surface area contributed by atoms with Gasteiger partial charge >= 0.3 is 0 Å². The van der Waals surface area contributed by atoms with Crippen molar-refractivity contribution in [1.29, 1.82) is 0 Å². The van der Waals surface area contributed by atoms with Crippen LogP contribution >= 0.6 is 27.7 Å². The molecule has 70 valence electrons. The molecular weight excluding hydrogens is 248 g/mol. The summed E-state index contributed by atoms with van der Waals surface area (Å²) in [4.78, 5) is 1.30. The van der Waals surface area contributed by atoms with Gasteiger partial charge in [-0.3, -0.25) is 0 Å². The molecule has 4 heteroatoms. The Bertz CT molecular complexity index is 316. The lowest BCUT2D eigenvalue weighted by atomic mass is 10.2. The van der Waals surface area contributed by atoms with Gasteiger partial charge in [-0.15, -0.1) is 11.8 Å². The predicted octanol–water partition coefficient (Wildman–Crippen LogP) is 2.29. The van der Waals surface area contributed by atoms with Crippen LogP contribution in [-0.4, -0.2) is 18.3 Å². The van der Waals surface area contributed by atoms with Crippen LogP contribution in [0, 0.1) is 0 Å². The first kappa shape index (κ1) is 9.37. The zero-order valence-corrected chi connectivity index (χ0v) is 9.49. The number of rotatable bonds is 1. The number of anilines is 1. The van der Waals surface area contributed by atoms with Crippen LogP contribution < -0.4 is 11.1 Å². The van der Waals surface area contributed by atoms with Crippen molar-refractivity contribution in [2.75, 3.05) is 17.6 Å². The Hall–Kier alpha value is -0.190. The zero-order chi connectivity index (χ0) is 9.26. The minimum atomic E-state index is 0.415. The fourth-order valence-corrected chi connectivity index (χ4v) is 2.92. The molecular formula is C9H11BrN2S. The third-order valence-electron chi connectivity index (χ3n) is 2.03. The molecule has 1 aromatic carbocycles. The standard InChI is InChI=1S/C9H11BrN2S/c10-6-1-2-8-9(3-6)13-5-7(4-11)12-8/h1-3,7,12H,4-5,11H2. The minimum Gasteiger partial charge on any atom is -0.379 e. The fourth-order valence-electron chi connectivity index (χ4n) is 1.31. The average molecular weight is 259 g/mol. The van der Waals surface area contributed by atoms with Crippen molar-refractivity contribution in [3.63, 3.8) is 0 Å². The summed E-state index contributed by atoms with van der Waals surface area (Å²) in [5.74, 6) is 1.06. The van der Waals surface area contributed by atoms with Gasteiger partial charge in [-0.1, -0.05) is 15.9 Å². The highest BCUT2D eigenvalue weighted by Crippen LogP contribution is 2.34. The highest BCUT2D eigenvalue weighted by molar-refractivity contribution is 9.10. The Morgan fingerprint density at radius 3 is 3.23 bits per heavy atom. The molecule has 0 saturated carbocycles. The molecule has 0 saturated heterocycles. The molecule has 1 heterocycles. The second-order valence-electron chi connectivity index (χ2n) is 3.03. The van der Waals surface area contributed by atoms with E-state index in [4.69, 9.17) is 5.73 Å². The molecule has 1 atom stereocenters. The quantitative estimate of drug-likeness (QED) is 0.812. The second-order valence-corrected chi connectivity index (χ2v) is 5.01. The van der Waals surface area contributed by atoms with E-state index in [9.17, 15) is 0 Å². The van der Waals surface area contributed by atoms with E-state index in [0.717, 1.165) is 10.2 Å². The first-order valence-electron chi connectivity index (χ1n) is 4.18. The molecule has 1 aromatic rings. The molecule has 0 spiro atoms. The number of hydrogen-bond donors (Lipinski definition) is 2. The van der Waals surface area contributed by atoms with Crippen LogP contribution in [0.5, 0.6) is 0 Å². The Balaban J connectivity index is 2.26. The van der Waals surface area contributed by atoms with Gasteiger partial charge in [0, 0.05) is 33.4 Å². The molecule has 0 bridgehead atoms. The van der Waals surface area contributed by atoms with E-state index in [1.54, 1.807) is 0 Å². The van der Waals surface area contributed by atoms with E-state index in [-0.39, 0.29) is 0 Å². The van der Waals surface area contributed by atoms with Crippen LogP contribution in [0.2, 0.25) is 0 Å². The maximum Gasteiger partial charge on any atom is 0.0482 e. The summed E-state index contributed by atoms with van der Waals surface area (Å²) in [6.45, 7) is 0.697. The van der Waals surface area contributed by atoms with Gasteiger partial charge < -0.3 is 11.1 Å². The molecule has 1 aliphatic rings. The van der Waals surface area contributed by atoms with Crippen molar-refractivity contribution in [1.82, 2.24) is 0 Å². The van der Waals surface area contributed by atoms with E-state index < -0.39 is 0 Å². The van der Waals surface area contributed by atoms with Gasteiger partial charge in [0.1, 0.15) is 0 Å². The van der Waals surface area contributed by atoms with Crippen LogP contribution in [0.3, 0.4) is 0 Å². The van der Waals surface area contributed by atoms with Gasteiger partial charge in [0.05, 0.1) is 0 Å². The lowest BCUT2D eigenvalue weighted by Crippen LogP contribution is -2.33. The number of nitrogens with two attached hydrogens (primary N) is 1. The van der Waals surface area contributed by atoms with Gasteiger partial charge in [-0.2, -0.15) is 0 Å². The number of thioether (sulfide) groups is 1. The van der Waals surface area contributed by atoms with E-state index in [1.807, 2.05) is 17.8 Å². The Morgan fingerprint density at radius 1 is 1.62 bits per heavy atom. The van der Waals surface area contributed by atoms with Crippen molar-refractivity contribution < 1.29 is 0 Å². The topological polar surface area (TPSA) is 38.0 Å². The molecule has 0 aromatic heterocycles. The molecule has 0 radical (unpaired) electrons. The van der Waals surface area contributed by atoms with Crippen LogP contribution in [-0.2, 0) is 0 Å². The van der Waals surface area contributed by atoms with Crippen molar-refractivity contribution in [2.24, 2.45) is 5.73 Å². The van der Waals surface area contributed by atoms with E-state index >= 15 is 0 Å². The summed E-state index contributed by atoms with van der Waals surface area (Å²) in [6.07, 6.45) is 0. The largest absolute Gasteiger partial charge is 0.379 e. The van der Waals surface area contributed by atoms with Crippen LogP contribution in [0.25, 0.3) is 0 Å². The van der Waals surface area contributed by atoms with Gasteiger partial charge in [0.2, 0.25) is 0 Å². The molecule has 3 N–H and O–H groups in total. The van der Waals surface area contributed by atoms with E-state index in [0.29, 0.717) is 12.6 Å². The maximum atomic E-state index is 5.61. The van der Waals surface area contributed by atoms with Gasteiger partial charge in [0.25, 0.3) is 0 Å². The van der Waals surface area contributed by atoms with Gasteiger partial charge in [-0.25, -0.2) is 0 Å². The number of fused-ring (bicyclic) bond motifs is 1. The second kappa shape index (κ2) is 3.90. The molecule has 13 heavy (non-hydrogen) atoms. The Kier molecular flexibility index (Phi) is 2.81. The first-order chi connectivity index (χ1) is 6.29. The van der Waals surface area contributed by atoms with Crippen LogP contribution in [0.4, 0.5) is 5.69 Å². The minimum absolute atomic E-state index is 0.415. The number of hydrogen-bond acceptors (Lipinski definition) is 3. The summed E-state index contributed by atoms with van der Waals surface area (Å²) < 4.78 is 1.13. The Labute approximate surface area is 90.4 Å². The van der Waals surface area contributed by atoms with Gasteiger partial charge in [-0.05, 0) is 18.2 Å². The van der Waals surface area contributed by atoms with Crippen LogP contribution in [0.15, 0.2) is 27.6 Å². The normalized spacial score (nSPS) is 20.6. The van der Waals surface area contributed by atoms with E-state index in [2.05, 4.69) is 33.4 Å². The van der Waals surface area contributed by atoms with Gasteiger partial charge in [0.15, 0.2) is 0 Å². The summed E-state index contributed by atoms with van der Waals surface area (Å²) in [5, 5.41) is 3.41. The highest BCUT2D eigenvalue weighted by atomic mass is 79.9. The molecule has 0 aliphatic carbocycles. The van der Waals surface area contributed by atoms with Crippen molar-refractivity contribution in [2.45, 2.75) is 10.9 Å². The zero-order valence-electron chi connectivity index (χ0n) is 7.09. The molecule has 0 fully saturated rings. The number of nitrogens with one attached hydrogen (secondary N) is 1. The first-order valence-corrected chi connectivity index (χ1v) is 5.96. The lowest BCUT2D eigenvalue weighted by Gasteiger charge is -2.25. The lowest BCUT2D eigenvalue weighted by molar-refractivity contribution is 0.803. The van der Waals surface area contributed by atoms with Crippen molar-refractivity contribution in [3.8, 4) is 0 Å². The molecule has 0 amide bonds. The fraction of sp³-hybridized carbons (Fsp3) is 0.333. The average Bonchev–Trinajstić information content (AvgIpc) is 2.17. The molecule has 2 rings (SSSR count). The van der Waals surface area contributed by atoms with Crippen molar-refractivity contribution >= 4 is 33.4 Å². The molecule has 2 nitrogen and oxygen atoms in total. The van der Waals surface area contributed by atoms with Crippen molar-refractivity contribution in [3.05, 3.63) is 22.7 Å². The monoisotopic (exact) mass is 258 g/mol. The van der Waals surface area contributed by atoms with E-state index in [1.165, 1.54) is 10.6 Å². The summed E-state index contributed by atoms with van der Waals surface area (Å²) in [5.41, 5.74) is 6.81. The SMILES string of the molecule is NCC1CSc2cc(Br)ccc2N1.